The molecular formula is C33H39N5O6S. The molecule has 1 saturated heterocycles. The van der Waals surface area contributed by atoms with E-state index in [9.17, 15) is 14.9 Å². The molecule has 0 bridgehead atoms. The molecule has 0 spiro atoms. The number of aryl methyl sites for hydroxylation is 1. The number of hydrogen-bond donors (Lipinski definition) is 0. The van der Waals surface area contributed by atoms with Crippen LogP contribution in [0.3, 0.4) is 0 Å². The molecule has 1 unspecified atom stereocenters. The van der Waals surface area contributed by atoms with Gasteiger partial charge in [0, 0.05) is 18.7 Å². The number of methoxy groups -OCH3 is 1. The third-order valence-electron chi connectivity index (χ3n) is 7.80. The lowest BCUT2D eigenvalue weighted by molar-refractivity contribution is -0.0550. The van der Waals surface area contributed by atoms with E-state index in [1.165, 1.54) is 17.6 Å². The maximum absolute atomic E-state index is 13.9. The van der Waals surface area contributed by atoms with Gasteiger partial charge in [-0.2, -0.15) is 10.4 Å². The quantitative estimate of drug-likeness (QED) is 0.216. The highest BCUT2D eigenvalue weighted by molar-refractivity contribution is 7.22. The Bertz CT molecular complexity index is 1770. The van der Waals surface area contributed by atoms with Gasteiger partial charge in [-0.05, 0) is 66.0 Å². The van der Waals surface area contributed by atoms with Crippen LogP contribution < -0.4 is 10.2 Å². The van der Waals surface area contributed by atoms with Gasteiger partial charge in [0.25, 0.3) is 0 Å². The van der Waals surface area contributed by atoms with Gasteiger partial charge in [-0.3, -0.25) is 9.48 Å². The molecule has 4 aromatic rings. The molecule has 1 aliphatic heterocycles. The summed E-state index contributed by atoms with van der Waals surface area (Å²) in [6.45, 7) is 12.0. The number of piperidine rings is 1. The monoisotopic (exact) mass is 633 g/mol. The van der Waals surface area contributed by atoms with Crippen molar-refractivity contribution in [3.8, 4) is 22.6 Å². The van der Waals surface area contributed by atoms with Gasteiger partial charge in [0.05, 0.1) is 47.7 Å². The summed E-state index contributed by atoms with van der Waals surface area (Å²) in [6, 6.07) is 9.90. The Morgan fingerprint density at radius 2 is 1.91 bits per heavy atom. The molecule has 0 radical (unpaired) electrons. The summed E-state index contributed by atoms with van der Waals surface area (Å²) in [6.07, 6.45) is 3.29. The van der Waals surface area contributed by atoms with Gasteiger partial charge in [-0.15, -0.1) is 11.3 Å². The maximum atomic E-state index is 13.9. The number of para-hydroxylation sites is 1. The minimum atomic E-state index is -1.14. The van der Waals surface area contributed by atoms with Gasteiger partial charge in [-0.1, -0.05) is 18.2 Å². The van der Waals surface area contributed by atoms with Crippen LogP contribution in [0.4, 0.5) is 4.79 Å². The van der Waals surface area contributed by atoms with Crippen molar-refractivity contribution in [2.75, 3.05) is 20.2 Å². The van der Waals surface area contributed by atoms with Crippen molar-refractivity contribution in [1.82, 2.24) is 19.7 Å². The number of rotatable bonds is 8. The number of benzene rings is 1. The molecule has 238 valence electrons. The van der Waals surface area contributed by atoms with Gasteiger partial charge in [0.2, 0.25) is 11.3 Å². The van der Waals surface area contributed by atoms with E-state index in [2.05, 4.69) is 11.1 Å². The van der Waals surface area contributed by atoms with Crippen LogP contribution in [-0.2, 0) is 21.4 Å². The Balaban J connectivity index is 1.55. The lowest BCUT2D eigenvalue weighted by atomic mass is 9.90. The lowest BCUT2D eigenvalue weighted by Gasteiger charge is -2.35. The minimum absolute atomic E-state index is 0.154. The van der Waals surface area contributed by atoms with Crippen molar-refractivity contribution < 1.29 is 23.4 Å². The average molecular weight is 634 g/mol. The van der Waals surface area contributed by atoms with E-state index in [-0.39, 0.29) is 29.9 Å². The lowest BCUT2D eigenvalue weighted by Crippen LogP contribution is -2.43. The largest absolute Gasteiger partial charge is 0.496 e. The Morgan fingerprint density at radius 1 is 1.20 bits per heavy atom. The number of hydrogen-bond acceptors (Lipinski definition) is 10. The van der Waals surface area contributed by atoms with Crippen molar-refractivity contribution in [1.29, 1.82) is 5.26 Å². The summed E-state index contributed by atoms with van der Waals surface area (Å²) >= 11 is 1.37. The number of ether oxygens (including phenoxy) is 3. The molecule has 1 aliphatic rings. The number of aromatic nitrogens is 3. The van der Waals surface area contributed by atoms with Gasteiger partial charge in [0.1, 0.15) is 34.2 Å². The fraction of sp³-hybridized carbons (Fsp3) is 0.485. The molecule has 1 aromatic carbocycles. The first kappa shape index (κ1) is 32.2. The average Bonchev–Trinajstić information content (AvgIpc) is 3.66. The molecule has 3 aromatic heterocycles. The first-order valence-corrected chi connectivity index (χ1v) is 15.8. The second-order valence-electron chi connectivity index (χ2n) is 12.7. The van der Waals surface area contributed by atoms with E-state index in [4.69, 9.17) is 23.7 Å². The van der Waals surface area contributed by atoms with E-state index < -0.39 is 17.1 Å². The molecule has 45 heavy (non-hydrogen) atoms. The number of thiophene rings is 1. The van der Waals surface area contributed by atoms with Crippen LogP contribution in [0.2, 0.25) is 0 Å². The van der Waals surface area contributed by atoms with Gasteiger partial charge >= 0.3 is 6.09 Å². The predicted octanol–water partition coefficient (Wildman–Crippen LogP) is 6.39. The number of carbonyl (C=O) groups excluding carboxylic acids is 1. The van der Waals surface area contributed by atoms with Crippen LogP contribution in [0.25, 0.3) is 21.0 Å². The van der Waals surface area contributed by atoms with Crippen LogP contribution in [0.15, 0.2) is 45.9 Å². The SMILES string of the molecule is COc1ccccc1C(Cn1nc(C(C)(C)C#N)c(=O)c2c(C)c(-c3ncco3)sc21)OC1CCN(C(=O)OC(C)(C)C)CC1. The molecule has 0 saturated carbocycles. The number of carbonyl (C=O) groups is 1. The zero-order valence-corrected chi connectivity index (χ0v) is 27.6. The summed E-state index contributed by atoms with van der Waals surface area (Å²) in [5.74, 6) is 1.07. The summed E-state index contributed by atoms with van der Waals surface area (Å²) in [4.78, 5) is 33.9. The van der Waals surface area contributed by atoms with Crippen LogP contribution in [-0.4, -0.2) is 57.7 Å². The fourth-order valence-corrected chi connectivity index (χ4v) is 6.65. The number of likely N-dealkylation sites (tertiary alicyclic amines) is 1. The van der Waals surface area contributed by atoms with Crippen LogP contribution >= 0.6 is 11.3 Å². The van der Waals surface area contributed by atoms with Gasteiger partial charge < -0.3 is 23.5 Å². The van der Waals surface area contributed by atoms with E-state index in [0.717, 1.165) is 16.0 Å². The van der Waals surface area contributed by atoms with E-state index in [1.54, 1.807) is 36.7 Å². The molecule has 11 nitrogen and oxygen atoms in total. The molecule has 1 amide bonds. The Labute approximate surface area is 266 Å². The molecule has 4 heterocycles. The summed E-state index contributed by atoms with van der Waals surface area (Å²) < 4.78 is 25.5. The number of nitrogens with zero attached hydrogens (tertiary/aromatic N) is 5. The molecule has 0 aliphatic carbocycles. The molecule has 12 heteroatoms. The molecule has 1 fully saturated rings. The zero-order valence-electron chi connectivity index (χ0n) is 26.7. The predicted molar refractivity (Wildman–Crippen MR) is 170 cm³/mol. The Morgan fingerprint density at radius 3 is 2.53 bits per heavy atom. The highest BCUT2D eigenvalue weighted by atomic mass is 32.1. The molecule has 5 rings (SSSR count). The fourth-order valence-electron chi connectivity index (χ4n) is 5.44. The Hall–Kier alpha value is -4.21. The van der Waals surface area contributed by atoms with E-state index in [1.807, 2.05) is 52.0 Å². The first-order valence-electron chi connectivity index (χ1n) is 14.9. The third kappa shape index (κ3) is 6.74. The summed E-state index contributed by atoms with van der Waals surface area (Å²) in [7, 11) is 1.61. The van der Waals surface area contributed by atoms with Crippen LogP contribution in [0, 0.1) is 18.3 Å². The van der Waals surface area contributed by atoms with Crippen molar-refractivity contribution in [3.63, 3.8) is 0 Å². The standard InChI is InChI=1S/C33H39N5O6S/c1-20-25-26(39)28(33(5,6)19-34)36-38(30(25)45-27(20)29-35-14-17-42-29)18-24(22-10-8-9-11-23(22)41-7)43-21-12-15-37(16-13-21)31(40)44-32(2,3)4/h8-11,14,17,21,24H,12-13,15-16,18H2,1-7H3. The molecule has 0 N–H and O–H groups in total. The first-order chi connectivity index (χ1) is 21.3. The van der Waals surface area contributed by atoms with Crippen molar-refractivity contribution >= 4 is 27.6 Å². The van der Waals surface area contributed by atoms with Gasteiger partial charge in [-0.25, -0.2) is 9.78 Å². The van der Waals surface area contributed by atoms with Crippen molar-refractivity contribution in [2.45, 2.75) is 84.2 Å². The highest BCUT2D eigenvalue weighted by Crippen LogP contribution is 2.38. The van der Waals surface area contributed by atoms with E-state index in [0.29, 0.717) is 47.8 Å². The molecular weight excluding hydrogens is 594 g/mol. The van der Waals surface area contributed by atoms with Gasteiger partial charge in [0.15, 0.2) is 0 Å². The maximum Gasteiger partial charge on any atom is 0.410 e. The highest BCUT2D eigenvalue weighted by Gasteiger charge is 2.33. The topological polar surface area (TPSA) is 133 Å². The second kappa shape index (κ2) is 12.7. The van der Waals surface area contributed by atoms with Crippen LogP contribution in [0.5, 0.6) is 5.75 Å². The van der Waals surface area contributed by atoms with Crippen LogP contribution in [0.1, 0.15) is 70.4 Å². The number of nitriles is 1. The normalized spacial score (nSPS) is 15.2. The number of fused-ring (bicyclic) bond motifs is 1. The van der Waals surface area contributed by atoms with Crippen molar-refractivity contribution in [2.24, 2.45) is 0 Å². The number of oxazole rings is 1. The number of amides is 1. The summed E-state index contributed by atoms with van der Waals surface area (Å²) in [5, 5.41) is 15.3. The smallest absolute Gasteiger partial charge is 0.410 e. The van der Waals surface area contributed by atoms with E-state index >= 15 is 0 Å². The zero-order chi connectivity index (χ0) is 32.5. The second-order valence-corrected chi connectivity index (χ2v) is 13.7. The summed E-state index contributed by atoms with van der Waals surface area (Å²) in [5.41, 5.74) is -0.297. The minimum Gasteiger partial charge on any atom is -0.496 e. The van der Waals surface area contributed by atoms with Crippen molar-refractivity contribution in [3.05, 3.63) is 63.8 Å². The third-order valence-corrected chi connectivity index (χ3v) is 9.09. The Kier molecular flexibility index (Phi) is 9.05. The molecule has 1 atom stereocenters.